The van der Waals surface area contributed by atoms with Crippen molar-refractivity contribution in [3.63, 3.8) is 0 Å². The number of rotatable bonds is 4. The van der Waals surface area contributed by atoms with Crippen LogP contribution in [0, 0.1) is 17.0 Å². The van der Waals surface area contributed by atoms with Gasteiger partial charge in [0.1, 0.15) is 11.9 Å². The molecule has 0 saturated carbocycles. The zero-order valence-corrected chi connectivity index (χ0v) is 11.1. The largest absolute Gasteiger partial charge is 0.465 e. The Morgan fingerprint density at radius 3 is 2.75 bits per heavy atom. The molecule has 0 fully saturated rings. The van der Waals surface area contributed by atoms with E-state index in [0.717, 1.165) is 0 Å². The molecule has 1 aromatic carbocycles. The summed E-state index contributed by atoms with van der Waals surface area (Å²) in [6.07, 6.45) is 1.35. The third kappa shape index (κ3) is 2.66. The van der Waals surface area contributed by atoms with Gasteiger partial charge in [-0.25, -0.2) is 4.79 Å². The van der Waals surface area contributed by atoms with Crippen molar-refractivity contribution in [3.05, 3.63) is 57.4 Å². The van der Waals surface area contributed by atoms with Gasteiger partial charge in [-0.15, -0.1) is 0 Å². The third-order valence-electron chi connectivity index (χ3n) is 2.87. The van der Waals surface area contributed by atoms with Crippen molar-refractivity contribution in [2.24, 2.45) is 0 Å². The van der Waals surface area contributed by atoms with Gasteiger partial charge in [-0.05, 0) is 18.6 Å². The Morgan fingerprint density at radius 1 is 1.45 bits per heavy atom. The molecule has 0 bridgehead atoms. The summed E-state index contributed by atoms with van der Waals surface area (Å²) >= 11 is 0. The molecule has 2 rings (SSSR count). The van der Waals surface area contributed by atoms with Gasteiger partial charge in [0.15, 0.2) is 0 Å². The van der Waals surface area contributed by atoms with Crippen molar-refractivity contribution in [1.82, 2.24) is 9.78 Å². The molecule has 0 aliphatic rings. The van der Waals surface area contributed by atoms with Crippen LogP contribution in [0.15, 0.2) is 30.5 Å². The first-order chi connectivity index (χ1) is 9.52. The minimum Gasteiger partial charge on any atom is -0.465 e. The predicted molar refractivity (Wildman–Crippen MR) is 70.5 cm³/mol. The first kappa shape index (κ1) is 13.7. The number of aryl methyl sites for hydroxylation is 1. The monoisotopic (exact) mass is 275 g/mol. The molecule has 0 aliphatic carbocycles. The van der Waals surface area contributed by atoms with Crippen LogP contribution < -0.4 is 0 Å². The zero-order valence-electron chi connectivity index (χ0n) is 11.1. The topological polar surface area (TPSA) is 87.3 Å². The summed E-state index contributed by atoms with van der Waals surface area (Å²) < 4.78 is 6.14. The van der Waals surface area contributed by atoms with Crippen molar-refractivity contribution < 1.29 is 14.5 Å². The van der Waals surface area contributed by atoms with Gasteiger partial charge in [0.2, 0.25) is 0 Å². The lowest BCUT2D eigenvalue weighted by Crippen LogP contribution is -2.09. The SMILES string of the molecule is COC(=O)c1ccccc1Cn1cc([N+](=O)[O-])c(C)n1. The molecule has 0 amide bonds. The van der Waals surface area contributed by atoms with E-state index in [1.54, 1.807) is 31.2 Å². The van der Waals surface area contributed by atoms with Crippen molar-refractivity contribution in [2.75, 3.05) is 7.11 Å². The highest BCUT2D eigenvalue weighted by Crippen LogP contribution is 2.17. The number of nitro groups is 1. The summed E-state index contributed by atoms with van der Waals surface area (Å²) in [6, 6.07) is 6.92. The average molecular weight is 275 g/mol. The zero-order chi connectivity index (χ0) is 14.7. The first-order valence-corrected chi connectivity index (χ1v) is 5.87. The van der Waals surface area contributed by atoms with Crippen LogP contribution in [-0.4, -0.2) is 27.8 Å². The van der Waals surface area contributed by atoms with Crippen LogP contribution in [0.1, 0.15) is 21.6 Å². The number of aromatic nitrogens is 2. The number of methoxy groups -OCH3 is 1. The minimum absolute atomic E-state index is 0.0412. The molecule has 0 saturated heterocycles. The fourth-order valence-electron chi connectivity index (χ4n) is 1.91. The fraction of sp³-hybridized carbons (Fsp3) is 0.231. The lowest BCUT2D eigenvalue weighted by molar-refractivity contribution is -0.385. The van der Waals surface area contributed by atoms with Gasteiger partial charge >= 0.3 is 11.7 Å². The van der Waals surface area contributed by atoms with E-state index in [1.165, 1.54) is 18.0 Å². The van der Waals surface area contributed by atoms with E-state index in [0.29, 0.717) is 16.8 Å². The van der Waals surface area contributed by atoms with E-state index in [-0.39, 0.29) is 12.2 Å². The van der Waals surface area contributed by atoms with E-state index >= 15 is 0 Å². The summed E-state index contributed by atoms with van der Waals surface area (Å²) in [5.74, 6) is -0.445. The lowest BCUT2D eigenvalue weighted by atomic mass is 10.1. The summed E-state index contributed by atoms with van der Waals surface area (Å²) in [4.78, 5) is 22.0. The van der Waals surface area contributed by atoms with E-state index in [9.17, 15) is 14.9 Å². The van der Waals surface area contributed by atoms with Gasteiger partial charge in [0, 0.05) is 0 Å². The molecule has 0 spiro atoms. The maximum absolute atomic E-state index is 11.6. The first-order valence-electron chi connectivity index (χ1n) is 5.87. The molecular formula is C13H13N3O4. The van der Waals surface area contributed by atoms with Crippen LogP contribution in [0.3, 0.4) is 0 Å². The smallest absolute Gasteiger partial charge is 0.338 e. The Bertz CT molecular complexity index is 663. The number of hydrogen-bond acceptors (Lipinski definition) is 5. The number of carbonyl (C=O) groups excluding carboxylic acids is 1. The number of ether oxygens (including phenoxy) is 1. The van der Waals surface area contributed by atoms with Crippen molar-refractivity contribution in [1.29, 1.82) is 0 Å². The van der Waals surface area contributed by atoms with E-state index < -0.39 is 10.9 Å². The quantitative estimate of drug-likeness (QED) is 0.483. The van der Waals surface area contributed by atoms with Gasteiger partial charge in [0.25, 0.3) is 0 Å². The van der Waals surface area contributed by atoms with Crippen molar-refractivity contribution in [3.8, 4) is 0 Å². The molecule has 0 radical (unpaired) electrons. The highest BCUT2D eigenvalue weighted by atomic mass is 16.6. The molecule has 2 aromatic rings. The second-order valence-corrected chi connectivity index (χ2v) is 4.20. The third-order valence-corrected chi connectivity index (χ3v) is 2.87. The second-order valence-electron chi connectivity index (χ2n) is 4.20. The van der Waals surface area contributed by atoms with Crippen LogP contribution in [0.2, 0.25) is 0 Å². The van der Waals surface area contributed by atoms with Gasteiger partial charge in [0.05, 0.1) is 24.1 Å². The normalized spacial score (nSPS) is 10.3. The Balaban J connectivity index is 2.33. The summed E-state index contributed by atoms with van der Waals surface area (Å²) in [5.41, 5.74) is 1.41. The molecule has 20 heavy (non-hydrogen) atoms. The molecule has 104 valence electrons. The molecule has 7 nitrogen and oxygen atoms in total. The lowest BCUT2D eigenvalue weighted by Gasteiger charge is -2.07. The molecule has 7 heteroatoms. The molecule has 0 atom stereocenters. The highest BCUT2D eigenvalue weighted by Gasteiger charge is 2.17. The number of carbonyl (C=O) groups is 1. The second kappa shape index (κ2) is 5.52. The molecule has 0 unspecified atom stereocenters. The predicted octanol–water partition coefficient (Wildman–Crippen LogP) is 1.93. The minimum atomic E-state index is -0.481. The molecule has 1 heterocycles. The summed E-state index contributed by atoms with van der Waals surface area (Å²) in [5, 5.41) is 14.9. The maximum Gasteiger partial charge on any atom is 0.338 e. The number of esters is 1. The van der Waals surface area contributed by atoms with Crippen LogP contribution in [0.4, 0.5) is 5.69 Å². The summed E-state index contributed by atoms with van der Waals surface area (Å²) in [6.45, 7) is 1.83. The number of nitrogens with zero attached hydrogens (tertiary/aromatic N) is 3. The van der Waals surface area contributed by atoms with Crippen LogP contribution >= 0.6 is 0 Å². The molecule has 0 N–H and O–H groups in total. The Labute approximate surface area is 114 Å². The van der Waals surface area contributed by atoms with E-state index in [4.69, 9.17) is 4.74 Å². The Morgan fingerprint density at radius 2 is 2.15 bits per heavy atom. The van der Waals surface area contributed by atoms with Crippen LogP contribution in [0.25, 0.3) is 0 Å². The highest BCUT2D eigenvalue weighted by molar-refractivity contribution is 5.90. The maximum atomic E-state index is 11.6. The van der Waals surface area contributed by atoms with Crippen molar-refractivity contribution >= 4 is 11.7 Å². The molecule has 0 aliphatic heterocycles. The molecular weight excluding hydrogens is 262 g/mol. The number of hydrogen-bond donors (Lipinski definition) is 0. The van der Waals surface area contributed by atoms with Gasteiger partial charge in [-0.2, -0.15) is 5.10 Å². The van der Waals surface area contributed by atoms with Gasteiger partial charge < -0.3 is 4.74 Å². The average Bonchev–Trinajstić information content (AvgIpc) is 2.79. The van der Waals surface area contributed by atoms with Gasteiger partial charge in [-0.3, -0.25) is 14.8 Å². The fourth-order valence-corrected chi connectivity index (χ4v) is 1.91. The number of benzene rings is 1. The van der Waals surface area contributed by atoms with Crippen LogP contribution in [0.5, 0.6) is 0 Å². The summed E-state index contributed by atoms with van der Waals surface area (Å²) in [7, 11) is 1.31. The van der Waals surface area contributed by atoms with Crippen molar-refractivity contribution in [2.45, 2.75) is 13.5 Å². The van der Waals surface area contributed by atoms with Gasteiger partial charge in [-0.1, -0.05) is 18.2 Å². The van der Waals surface area contributed by atoms with Crippen LogP contribution in [-0.2, 0) is 11.3 Å². The molecule has 1 aromatic heterocycles. The standard InChI is InChI=1S/C13H13N3O4/c1-9-12(16(18)19)8-15(14-9)7-10-5-3-4-6-11(10)13(17)20-2/h3-6,8H,7H2,1-2H3. The van der Waals surface area contributed by atoms with E-state index in [1.807, 2.05) is 0 Å². The Kier molecular flexibility index (Phi) is 3.79. The Hall–Kier alpha value is -2.70. The van der Waals surface area contributed by atoms with E-state index in [2.05, 4.69) is 5.10 Å².